The van der Waals surface area contributed by atoms with E-state index in [4.69, 9.17) is 11.6 Å². The van der Waals surface area contributed by atoms with Gasteiger partial charge in [-0.2, -0.15) is 0 Å². The van der Waals surface area contributed by atoms with Crippen molar-refractivity contribution in [2.24, 2.45) is 5.92 Å². The Labute approximate surface area is 128 Å². The predicted molar refractivity (Wildman–Crippen MR) is 78.1 cm³/mol. The Morgan fingerprint density at radius 2 is 2.00 bits per heavy atom. The van der Waals surface area contributed by atoms with E-state index in [-0.39, 0.29) is 21.4 Å². The van der Waals surface area contributed by atoms with Crippen molar-refractivity contribution in [1.82, 2.24) is 4.90 Å². The van der Waals surface area contributed by atoms with E-state index in [9.17, 15) is 18.3 Å². The number of carbonyl (C=O) groups excluding carboxylic acids is 1. The number of halogens is 1. The third-order valence-electron chi connectivity index (χ3n) is 4.13. The van der Waals surface area contributed by atoms with Crippen LogP contribution in [0.2, 0.25) is 5.02 Å². The molecule has 1 heterocycles. The van der Waals surface area contributed by atoms with Gasteiger partial charge in [-0.05, 0) is 37.0 Å². The SMILES string of the molecule is CS(=O)(=O)c1cc(C(=O)N2CC(O)(C3CC3)C2)ccc1Cl. The van der Waals surface area contributed by atoms with Gasteiger partial charge in [0, 0.05) is 11.8 Å². The average Bonchev–Trinajstić information content (AvgIpc) is 3.17. The first-order chi connectivity index (χ1) is 9.71. The molecule has 0 spiro atoms. The molecule has 2 fully saturated rings. The maximum atomic E-state index is 12.3. The molecule has 0 bridgehead atoms. The molecule has 7 heteroatoms. The fourth-order valence-electron chi connectivity index (χ4n) is 2.74. The smallest absolute Gasteiger partial charge is 0.254 e. The zero-order chi connectivity index (χ0) is 15.4. The van der Waals surface area contributed by atoms with Crippen LogP contribution in [0.5, 0.6) is 0 Å². The third-order valence-corrected chi connectivity index (χ3v) is 5.71. The van der Waals surface area contributed by atoms with E-state index in [0.29, 0.717) is 19.0 Å². The summed E-state index contributed by atoms with van der Waals surface area (Å²) in [5.74, 6) is 0.0280. The van der Waals surface area contributed by atoms with Gasteiger partial charge < -0.3 is 10.0 Å². The number of sulfone groups is 1. The fourth-order valence-corrected chi connectivity index (χ4v) is 4.04. The molecule has 0 atom stereocenters. The van der Waals surface area contributed by atoms with Crippen LogP contribution < -0.4 is 0 Å². The number of amides is 1. The third kappa shape index (κ3) is 2.67. The van der Waals surface area contributed by atoms with Crippen LogP contribution in [0.3, 0.4) is 0 Å². The first kappa shape index (κ1) is 14.8. The van der Waals surface area contributed by atoms with Gasteiger partial charge in [0.25, 0.3) is 5.91 Å². The average molecular weight is 330 g/mol. The number of hydrogen-bond acceptors (Lipinski definition) is 4. The van der Waals surface area contributed by atoms with Gasteiger partial charge in [-0.1, -0.05) is 11.6 Å². The summed E-state index contributed by atoms with van der Waals surface area (Å²) in [6.45, 7) is 0.626. The number of benzene rings is 1. The van der Waals surface area contributed by atoms with Gasteiger partial charge in [-0.3, -0.25) is 4.79 Å². The van der Waals surface area contributed by atoms with Crippen LogP contribution in [0, 0.1) is 5.92 Å². The summed E-state index contributed by atoms with van der Waals surface area (Å²) >= 11 is 5.86. The van der Waals surface area contributed by atoms with Gasteiger partial charge in [0.2, 0.25) is 0 Å². The summed E-state index contributed by atoms with van der Waals surface area (Å²) in [6, 6.07) is 4.22. The van der Waals surface area contributed by atoms with Crippen LogP contribution in [0.1, 0.15) is 23.2 Å². The Balaban J connectivity index is 1.80. The quantitative estimate of drug-likeness (QED) is 0.908. The molecule has 1 saturated carbocycles. The van der Waals surface area contributed by atoms with Gasteiger partial charge in [0.05, 0.1) is 23.0 Å². The lowest BCUT2D eigenvalue weighted by atomic mass is 9.88. The molecule has 1 aliphatic heterocycles. The van der Waals surface area contributed by atoms with E-state index in [2.05, 4.69) is 0 Å². The highest BCUT2D eigenvalue weighted by Crippen LogP contribution is 2.44. The molecule has 1 saturated heterocycles. The van der Waals surface area contributed by atoms with Crippen molar-refractivity contribution >= 4 is 27.3 Å². The lowest BCUT2D eigenvalue weighted by molar-refractivity contribution is -0.0958. The number of rotatable bonds is 3. The maximum absolute atomic E-state index is 12.3. The van der Waals surface area contributed by atoms with Crippen molar-refractivity contribution in [1.29, 1.82) is 0 Å². The molecular formula is C14H16ClNO4S. The molecule has 114 valence electrons. The highest BCUT2D eigenvalue weighted by molar-refractivity contribution is 7.90. The lowest BCUT2D eigenvalue weighted by Gasteiger charge is -2.47. The van der Waals surface area contributed by atoms with Crippen molar-refractivity contribution in [3.05, 3.63) is 28.8 Å². The van der Waals surface area contributed by atoms with E-state index in [1.54, 1.807) is 0 Å². The standard InChI is InChI=1S/C14H16ClNO4S/c1-21(19,20)12-6-9(2-5-11(12)15)13(17)16-7-14(18,8-16)10-3-4-10/h2,5-6,10,18H,3-4,7-8H2,1H3. The van der Waals surface area contributed by atoms with E-state index in [1.165, 1.54) is 23.1 Å². The monoisotopic (exact) mass is 329 g/mol. The Bertz CT molecular complexity index is 706. The minimum Gasteiger partial charge on any atom is -0.386 e. The minimum absolute atomic E-state index is 0.0482. The van der Waals surface area contributed by atoms with Crippen LogP contribution in [-0.2, 0) is 9.84 Å². The number of hydrogen-bond donors (Lipinski definition) is 1. The maximum Gasteiger partial charge on any atom is 0.254 e. The molecular weight excluding hydrogens is 314 g/mol. The Hall–Kier alpha value is -1.11. The molecule has 1 aromatic carbocycles. The Morgan fingerprint density at radius 3 is 2.52 bits per heavy atom. The first-order valence-corrected chi connectivity index (χ1v) is 8.99. The molecule has 0 unspecified atom stereocenters. The Kier molecular flexibility index (Phi) is 3.31. The predicted octanol–water partition coefficient (Wildman–Crippen LogP) is 1.34. The summed E-state index contributed by atoms with van der Waals surface area (Å²) in [6.07, 6.45) is 3.08. The highest BCUT2D eigenvalue weighted by atomic mass is 35.5. The zero-order valence-electron chi connectivity index (χ0n) is 11.5. The normalized spacial score (nSPS) is 21.0. The van der Waals surface area contributed by atoms with E-state index in [0.717, 1.165) is 19.1 Å². The zero-order valence-corrected chi connectivity index (χ0v) is 13.1. The number of nitrogens with zero attached hydrogens (tertiary/aromatic N) is 1. The van der Waals surface area contributed by atoms with Crippen LogP contribution >= 0.6 is 11.6 Å². The van der Waals surface area contributed by atoms with Gasteiger partial charge >= 0.3 is 0 Å². The topological polar surface area (TPSA) is 74.7 Å². The summed E-state index contributed by atoms with van der Waals surface area (Å²) in [4.78, 5) is 13.8. The van der Waals surface area contributed by atoms with Gasteiger partial charge in [-0.25, -0.2) is 8.42 Å². The van der Waals surface area contributed by atoms with Crippen LogP contribution in [0.15, 0.2) is 23.1 Å². The molecule has 0 aromatic heterocycles. The molecule has 0 radical (unpaired) electrons. The minimum atomic E-state index is -3.48. The number of aliphatic hydroxyl groups is 1. The van der Waals surface area contributed by atoms with Crippen molar-refractivity contribution < 1.29 is 18.3 Å². The van der Waals surface area contributed by atoms with E-state index in [1.807, 2.05) is 0 Å². The molecule has 21 heavy (non-hydrogen) atoms. The van der Waals surface area contributed by atoms with E-state index >= 15 is 0 Å². The summed E-state index contributed by atoms with van der Waals surface area (Å²) in [7, 11) is -3.48. The lowest BCUT2D eigenvalue weighted by Crippen LogP contribution is -2.64. The molecule has 5 nitrogen and oxygen atoms in total. The molecule has 3 rings (SSSR count). The fraction of sp³-hybridized carbons (Fsp3) is 0.500. The molecule has 1 aromatic rings. The Morgan fingerprint density at radius 1 is 1.38 bits per heavy atom. The second-order valence-electron chi connectivity index (χ2n) is 5.96. The molecule has 1 aliphatic carbocycles. The van der Waals surface area contributed by atoms with Crippen LogP contribution in [-0.4, -0.2) is 49.3 Å². The molecule has 2 aliphatic rings. The molecule has 1 amide bonds. The van der Waals surface area contributed by atoms with Crippen LogP contribution in [0.4, 0.5) is 0 Å². The summed E-state index contributed by atoms with van der Waals surface area (Å²) in [5, 5.41) is 10.3. The highest BCUT2D eigenvalue weighted by Gasteiger charge is 2.53. The second kappa shape index (κ2) is 4.69. The number of likely N-dealkylation sites (tertiary alicyclic amines) is 1. The summed E-state index contributed by atoms with van der Waals surface area (Å²) < 4.78 is 23.3. The first-order valence-electron chi connectivity index (χ1n) is 6.72. The van der Waals surface area contributed by atoms with Crippen molar-refractivity contribution in [2.45, 2.75) is 23.3 Å². The number of β-amino-alcohol motifs (C(OH)–C–C–N with tert-alkyl or cyclic N) is 1. The van der Waals surface area contributed by atoms with E-state index < -0.39 is 15.4 Å². The van der Waals surface area contributed by atoms with Gasteiger partial charge in [0.15, 0.2) is 9.84 Å². The largest absolute Gasteiger partial charge is 0.386 e. The van der Waals surface area contributed by atoms with Gasteiger partial charge in [-0.15, -0.1) is 0 Å². The van der Waals surface area contributed by atoms with Crippen molar-refractivity contribution in [3.8, 4) is 0 Å². The summed E-state index contributed by atoms with van der Waals surface area (Å²) in [5.41, 5.74) is -0.473. The number of carbonyl (C=O) groups is 1. The molecule has 1 N–H and O–H groups in total. The van der Waals surface area contributed by atoms with Gasteiger partial charge in [0.1, 0.15) is 5.60 Å². The van der Waals surface area contributed by atoms with Crippen molar-refractivity contribution in [2.75, 3.05) is 19.3 Å². The van der Waals surface area contributed by atoms with Crippen LogP contribution in [0.25, 0.3) is 0 Å². The van der Waals surface area contributed by atoms with Crippen molar-refractivity contribution in [3.63, 3.8) is 0 Å². The second-order valence-corrected chi connectivity index (χ2v) is 8.35.